The van der Waals surface area contributed by atoms with Crippen LogP contribution in [-0.2, 0) is 11.3 Å². The number of ether oxygens (including phenoxy) is 2. The van der Waals surface area contributed by atoms with Crippen molar-refractivity contribution in [3.05, 3.63) is 23.8 Å². The first-order valence-corrected chi connectivity index (χ1v) is 7.58. The Balaban J connectivity index is 1.98. The molecular weight excluding hydrogens is 298 g/mol. The Morgan fingerprint density at radius 2 is 2.13 bits per heavy atom. The van der Waals surface area contributed by atoms with Gasteiger partial charge >= 0.3 is 6.03 Å². The van der Waals surface area contributed by atoms with Crippen LogP contribution in [0.15, 0.2) is 18.2 Å². The molecule has 0 unspecified atom stereocenters. The van der Waals surface area contributed by atoms with Crippen molar-refractivity contribution in [2.45, 2.75) is 19.4 Å². The van der Waals surface area contributed by atoms with Gasteiger partial charge in [0.1, 0.15) is 0 Å². The molecular formula is C16H23N3O4. The minimum atomic E-state index is -0.475. The van der Waals surface area contributed by atoms with E-state index >= 15 is 0 Å². The highest BCUT2D eigenvalue weighted by Crippen LogP contribution is 2.30. The van der Waals surface area contributed by atoms with E-state index in [-0.39, 0.29) is 11.8 Å². The molecule has 1 heterocycles. The van der Waals surface area contributed by atoms with Crippen molar-refractivity contribution < 1.29 is 19.1 Å². The predicted molar refractivity (Wildman–Crippen MR) is 85.3 cm³/mol. The van der Waals surface area contributed by atoms with Gasteiger partial charge in [-0.25, -0.2) is 4.79 Å². The molecule has 1 aromatic rings. The fourth-order valence-electron chi connectivity index (χ4n) is 2.81. The fourth-order valence-corrected chi connectivity index (χ4v) is 2.81. The van der Waals surface area contributed by atoms with Gasteiger partial charge in [-0.05, 0) is 18.9 Å². The highest BCUT2D eigenvalue weighted by Gasteiger charge is 2.27. The molecule has 3 amide bonds. The number of amides is 3. The Bertz CT molecular complexity index is 576. The molecule has 1 aromatic carbocycles. The molecule has 3 N–H and O–H groups in total. The van der Waals surface area contributed by atoms with Gasteiger partial charge in [-0.3, -0.25) is 4.79 Å². The molecule has 0 spiro atoms. The smallest absolute Gasteiger partial charge is 0.314 e. The Morgan fingerprint density at radius 1 is 1.35 bits per heavy atom. The molecule has 7 heteroatoms. The fraction of sp³-hybridized carbons (Fsp3) is 0.500. The Labute approximate surface area is 135 Å². The maximum absolute atomic E-state index is 12.3. The average molecular weight is 321 g/mol. The summed E-state index contributed by atoms with van der Waals surface area (Å²) in [6, 6.07) is 5.05. The molecule has 7 nitrogen and oxygen atoms in total. The topological polar surface area (TPSA) is 93.9 Å². The third-order valence-electron chi connectivity index (χ3n) is 4.04. The number of primary amides is 1. The molecule has 23 heavy (non-hydrogen) atoms. The van der Waals surface area contributed by atoms with Crippen molar-refractivity contribution in [2.24, 2.45) is 11.7 Å². The Hall–Kier alpha value is -2.44. The van der Waals surface area contributed by atoms with E-state index in [2.05, 4.69) is 5.32 Å². The van der Waals surface area contributed by atoms with Crippen LogP contribution in [0.5, 0.6) is 11.5 Å². The molecule has 0 radical (unpaired) electrons. The first-order valence-electron chi connectivity index (χ1n) is 7.58. The van der Waals surface area contributed by atoms with Crippen molar-refractivity contribution in [3.63, 3.8) is 0 Å². The molecule has 0 saturated carbocycles. The Kier molecular flexibility index (Phi) is 5.67. The van der Waals surface area contributed by atoms with E-state index in [4.69, 9.17) is 15.2 Å². The number of nitrogens with zero attached hydrogens (tertiary/aromatic N) is 1. The number of rotatable bonds is 5. The standard InChI is InChI=1S/C16H23N3O4/c1-22-13-7-3-5-11(14(13)23-2)9-18-15(20)12-6-4-8-19(10-12)16(17)21/h3,5,7,12H,4,6,8-10H2,1-2H3,(H2,17,21)(H,18,20)/t12-/m1/s1. The lowest BCUT2D eigenvalue weighted by Crippen LogP contribution is -2.47. The number of urea groups is 1. The van der Waals surface area contributed by atoms with Crippen LogP contribution >= 0.6 is 0 Å². The summed E-state index contributed by atoms with van der Waals surface area (Å²) in [5, 5.41) is 2.90. The minimum Gasteiger partial charge on any atom is -0.493 e. The second-order valence-corrected chi connectivity index (χ2v) is 5.49. The van der Waals surface area contributed by atoms with Gasteiger partial charge in [-0.1, -0.05) is 12.1 Å². The van der Waals surface area contributed by atoms with Crippen LogP contribution in [0.25, 0.3) is 0 Å². The van der Waals surface area contributed by atoms with E-state index in [1.807, 2.05) is 12.1 Å². The monoisotopic (exact) mass is 321 g/mol. The average Bonchev–Trinajstić information content (AvgIpc) is 2.59. The number of likely N-dealkylation sites (tertiary alicyclic amines) is 1. The third kappa shape index (κ3) is 4.06. The van der Waals surface area contributed by atoms with Crippen molar-refractivity contribution in [2.75, 3.05) is 27.3 Å². The number of hydrogen-bond donors (Lipinski definition) is 2. The zero-order chi connectivity index (χ0) is 16.8. The lowest BCUT2D eigenvalue weighted by atomic mass is 9.97. The number of carbonyl (C=O) groups is 2. The molecule has 0 aromatic heterocycles. The molecule has 1 aliphatic rings. The maximum atomic E-state index is 12.3. The van der Waals surface area contributed by atoms with E-state index in [1.165, 1.54) is 4.90 Å². The number of hydrogen-bond acceptors (Lipinski definition) is 4. The molecule has 1 atom stereocenters. The maximum Gasteiger partial charge on any atom is 0.314 e. The summed E-state index contributed by atoms with van der Waals surface area (Å²) >= 11 is 0. The van der Waals surface area contributed by atoms with E-state index in [0.29, 0.717) is 31.1 Å². The second kappa shape index (κ2) is 7.71. The molecule has 1 saturated heterocycles. The quantitative estimate of drug-likeness (QED) is 0.849. The number of carbonyl (C=O) groups excluding carboxylic acids is 2. The Morgan fingerprint density at radius 3 is 2.78 bits per heavy atom. The van der Waals surface area contributed by atoms with Gasteiger partial charge in [0.25, 0.3) is 0 Å². The summed E-state index contributed by atoms with van der Waals surface area (Å²) < 4.78 is 10.6. The first-order chi connectivity index (χ1) is 11.1. The van der Waals surface area contributed by atoms with Crippen LogP contribution in [-0.4, -0.2) is 44.1 Å². The summed E-state index contributed by atoms with van der Waals surface area (Å²) in [6.45, 7) is 1.32. The molecule has 1 aliphatic heterocycles. The van der Waals surface area contributed by atoms with E-state index in [9.17, 15) is 9.59 Å². The number of benzene rings is 1. The molecule has 126 valence electrons. The third-order valence-corrected chi connectivity index (χ3v) is 4.04. The number of nitrogens with two attached hydrogens (primary N) is 1. The van der Waals surface area contributed by atoms with E-state index in [0.717, 1.165) is 18.4 Å². The van der Waals surface area contributed by atoms with Crippen molar-refractivity contribution in [3.8, 4) is 11.5 Å². The van der Waals surface area contributed by atoms with Crippen LogP contribution in [0.3, 0.4) is 0 Å². The van der Waals surface area contributed by atoms with E-state index in [1.54, 1.807) is 20.3 Å². The summed E-state index contributed by atoms with van der Waals surface area (Å²) in [4.78, 5) is 25.1. The van der Waals surface area contributed by atoms with Crippen LogP contribution in [0.2, 0.25) is 0 Å². The number of piperidine rings is 1. The lowest BCUT2D eigenvalue weighted by molar-refractivity contribution is -0.126. The normalized spacial score (nSPS) is 17.5. The van der Waals surface area contributed by atoms with Gasteiger partial charge in [-0.2, -0.15) is 0 Å². The van der Waals surface area contributed by atoms with E-state index < -0.39 is 6.03 Å². The molecule has 0 bridgehead atoms. The number of methoxy groups -OCH3 is 2. The highest BCUT2D eigenvalue weighted by molar-refractivity contribution is 5.80. The van der Waals surface area contributed by atoms with Crippen molar-refractivity contribution >= 4 is 11.9 Å². The SMILES string of the molecule is COc1cccc(CNC(=O)[C@@H]2CCCN(C(N)=O)C2)c1OC. The summed E-state index contributed by atoms with van der Waals surface area (Å²) in [7, 11) is 3.13. The number of nitrogens with one attached hydrogen (secondary N) is 1. The van der Waals surface area contributed by atoms with Crippen LogP contribution in [0.1, 0.15) is 18.4 Å². The lowest BCUT2D eigenvalue weighted by Gasteiger charge is -2.30. The van der Waals surface area contributed by atoms with Gasteiger partial charge in [0.15, 0.2) is 11.5 Å². The second-order valence-electron chi connectivity index (χ2n) is 5.49. The largest absolute Gasteiger partial charge is 0.493 e. The predicted octanol–water partition coefficient (Wildman–Crippen LogP) is 1.11. The summed E-state index contributed by atoms with van der Waals surface area (Å²) in [5.41, 5.74) is 6.13. The molecule has 0 aliphatic carbocycles. The van der Waals surface area contributed by atoms with Crippen molar-refractivity contribution in [1.82, 2.24) is 10.2 Å². The van der Waals surface area contributed by atoms with Crippen LogP contribution in [0, 0.1) is 5.92 Å². The number of para-hydroxylation sites is 1. The van der Waals surface area contributed by atoms with Crippen LogP contribution < -0.4 is 20.5 Å². The van der Waals surface area contributed by atoms with Gasteiger partial charge in [0.2, 0.25) is 5.91 Å². The van der Waals surface area contributed by atoms with Gasteiger partial charge < -0.3 is 25.4 Å². The van der Waals surface area contributed by atoms with Crippen LogP contribution in [0.4, 0.5) is 4.79 Å². The highest BCUT2D eigenvalue weighted by atomic mass is 16.5. The summed E-state index contributed by atoms with van der Waals surface area (Å²) in [6.07, 6.45) is 1.54. The molecule has 2 rings (SSSR count). The zero-order valence-corrected chi connectivity index (χ0v) is 13.5. The zero-order valence-electron chi connectivity index (χ0n) is 13.5. The van der Waals surface area contributed by atoms with Gasteiger partial charge in [0.05, 0.1) is 20.1 Å². The first kappa shape index (κ1) is 16.9. The van der Waals surface area contributed by atoms with Gasteiger partial charge in [-0.15, -0.1) is 0 Å². The molecule has 1 fully saturated rings. The minimum absolute atomic E-state index is 0.0826. The van der Waals surface area contributed by atoms with Crippen molar-refractivity contribution in [1.29, 1.82) is 0 Å². The van der Waals surface area contributed by atoms with Gasteiger partial charge in [0, 0.05) is 25.2 Å². The summed E-state index contributed by atoms with van der Waals surface area (Å²) in [5.74, 6) is 0.920.